The van der Waals surface area contributed by atoms with Gasteiger partial charge in [-0.2, -0.15) is 0 Å². The molecular formula is C16H23ClFN. The molecule has 0 aromatic heterocycles. The van der Waals surface area contributed by atoms with Gasteiger partial charge in [0.15, 0.2) is 0 Å². The molecule has 0 heterocycles. The lowest BCUT2D eigenvalue weighted by Gasteiger charge is -2.30. The van der Waals surface area contributed by atoms with E-state index in [0.29, 0.717) is 5.02 Å². The van der Waals surface area contributed by atoms with E-state index >= 15 is 0 Å². The molecule has 0 aliphatic heterocycles. The van der Waals surface area contributed by atoms with Gasteiger partial charge in [0.25, 0.3) is 0 Å². The molecule has 1 aromatic rings. The van der Waals surface area contributed by atoms with Gasteiger partial charge in [-0.05, 0) is 67.3 Å². The summed E-state index contributed by atoms with van der Waals surface area (Å²) in [6.45, 7) is 6.42. The number of hydrogen-bond donors (Lipinski definition) is 1. The summed E-state index contributed by atoms with van der Waals surface area (Å²) < 4.78 is 13.9. The van der Waals surface area contributed by atoms with Crippen LogP contribution in [-0.4, -0.2) is 13.1 Å². The van der Waals surface area contributed by atoms with Crippen molar-refractivity contribution in [3.63, 3.8) is 0 Å². The lowest BCUT2D eigenvalue weighted by Crippen LogP contribution is -2.36. The first-order chi connectivity index (χ1) is 9.05. The van der Waals surface area contributed by atoms with Crippen molar-refractivity contribution in [2.24, 2.45) is 11.3 Å². The molecule has 0 bridgehead atoms. The number of rotatable bonds is 7. The van der Waals surface area contributed by atoms with Crippen LogP contribution in [0.5, 0.6) is 0 Å². The van der Waals surface area contributed by atoms with Crippen molar-refractivity contribution in [3.05, 3.63) is 34.6 Å². The maximum atomic E-state index is 13.9. The van der Waals surface area contributed by atoms with Crippen LogP contribution in [0, 0.1) is 17.2 Å². The van der Waals surface area contributed by atoms with E-state index in [2.05, 4.69) is 19.2 Å². The van der Waals surface area contributed by atoms with Crippen molar-refractivity contribution in [1.82, 2.24) is 5.32 Å². The summed E-state index contributed by atoms with van der Waals surface area (Å²) >= 11 is 5.99. The fourth-order valence-electron chi connectivity index (χ4n) is 2.80. The van der Waals surface area contributed by atoms with Crippen molar-refractivity contribution in [3.8, 4) is 0 Å². The van der Waals surface area contributed by atoms with Crippen molar-refractivity contribution in [1.29, 1.82) is 0 Å². The molecule has 1 aromatic carbocycles. The molecular weight excluding hydrogens is 261 g/mol. The Kier molecular flexibility index (Phi) is 4.86. The first-order valence-electron chi connectivity index (χ1n) is 7.20. The van der Waals surface area contributed by atoms with E-state index in [1.807, 2.05) is 0 Å². The fraction of sp³-hybridized carbons (Fsp3) is 0.625. The highest BCUT2D eigenvalue weighted by Crippen LogP contribution is 2.47. The Labute approximate surface area is 120 Å². The van der Waals surface area contributed by atoms with Gasteiger partial charge < -0.3 is 5.32 Å². The second-order valence-corrected chi connectivity index (χ2v) is 6.45. The molecule has 1 saturated carbocycles. The van der Waals surface area contributed by atoms with Gasteiger partial charge in [-0.3, -0.25) is 0 Å². The molecule has 2 rings (SSSR count). The van der Waals surface area contributed by atoms with Gasteiger partial charge in [0.2, 0.25) is 0 Å². The average Bonchev–Trinajstić information content (AvgIpc) is 3.19. The number of halogens is 2. The Balaban J connectivity index is 2.09. The van der Waals surface area contributed by atoms with Gasteiger partial charge in [0, 0.05) is 11.6 Å². The van der Waals surface area contributed by atoms with Gasteiger partial charge in [-0.25, -0.2) is 4.39 Å². The van der Waals surface area contributed by atoms with Crippen molar-refractivity contribution >= 4 is 11.6 Å². The minimum atomic E-state index is -0.133. The van der Waals surface area contributed by atoms with Crippen LogP contribution < -0.4 is 5.32 Å². The molecule has 3 heteroatoms. The molecule has 1 N–H and O–H groups in total. The third kappa shape index (κ3) is 3.93. The van der Waals surface area contributed by atoms with Crippen molar-refractivity contribution in [2.75, 3.05) is 13.1 Å². The molecule has 0 saturated heterocycles. The first kappa shape index (κ1) is 14.8. The summed E-state index contributed by atoms with van der Waals surface area (Å²) in [6, 6.07) is 4.87. The zero-order valence-electron chi connectivity index (χ0n) is 11.8. The molecule has 1 fully saturated rings. The molecule has 0 radical (unpaired) electrons. The van der Waals surface area contributed by atoms with Crippen LogP contribution in [0.2, 0.25) is 5.02 Å². The largest absolute Gasteiger partial charge is 0.316 e. The molecule has 0 amide bonds. The van der Waals surface area contributed by atoms with E-state index in [-0.39, 0.29) is 11.2 Å². The van der Waals surface area contributed by atoms with Crippen LogP contribution in [0.3, 0.4) is 0 Å². The van der Waals surface area contributed by atoms with Gasteiger partial charge in [-0.15, -0.1) is 0 Å². The van der Waals surface area contributed by atoms with E-state index in [1.165, 1.54) is 18.9 Å². The van der Waals surface area contributed by atoms with E-state index in [4.69, 9.17) is 11.6 Å². The molecule has 0 spiro atoms. The smallest absolute Gasteiger partial charge is 0.126 e. The number of hydrogen-bond acceptors (Lipinski definition) is 1. The summed E-state index contributed by atoms with van der Waals surface area (Å²) in [7, 11) is 0. The average molecular weight is 284 g/mol. The number of nitrogens with one attached hydrogen (secondary N) is 1. The maximum absolute atomic E-state index is 13.9. The van der Waals surface area contributed by atoms with Gasteiger partial charge in [0.05, 0.1) is 0 Å². The summed E-state index contributed by atoms with van der Waals surface area (Å²) in [5.41, 5.74) is 0.890. The Hall–Kier alpha value is -0.600. The van der Waals surface area contributed by atoms with Crippen LogP contribution in [0.15, 0.2) is 18.2 Å². The van der Waals surface area contributed by atoms with Crippen LogP contribution in [0.4, 0.5) is 4.39 Å². The molecule has 1 aliphatic rings. The lowest BCUT2D eigenvalue weighted by atomic mass is 9.78. The monoisotopic (exact) mass is 283 g/mol. The normalized spacial score (nSPS) is 18.3. The minimum absolute atomic E-state index is 0.133. The topological polar surface area (TPSA) is 12.0 Å². The highest BCUT2D eigenvalue weighted by molar-refractivity contribution is 6.30. The minimum Gasteiger partial charge on any atom is -0.316 e. The summed E-state index contributed by atoms with van der Waals surface area (Å²) in [6.07, 6.45) is 4.44. The summed E-state index contributed by atoms with van der Waals surface area (Å²) in [5.74, 6) is 0.585. The summed E-state index contributed by atoms with van der Waals surface area (Å²) in [4.78, 5) is 0. The SMILES string of the molecule is CCCNCC(C)(Cc1cc(Cl)ccc1F)C1CC1. The molecule has 1 nitrogen and oxygen atoms in total. The Morgan fingerprint density at radius 1 is 1.42 bits per heavy atom. The second kappa shape index (κ2) is 6.23. The molecule has 1 aliphatic carbocycles. The van der Waals surface area contributed by atoms with E-state index < -0.39 is 0 Å². The molecule has 1 atom stereocenters. The van der Waals surface area contributed by atoms with Crippen LogP contribution in [-0.2, 0) is 6.42 Å². The molecule has 1 unspecified atom stereocenters. The zero-order valence-corrected chi connectivity index (χ0v) is 12.6. The Morgan fingerprint density at radius 2 is 2.16 bits per heavy atom. The highest BCUT2D eigenvalue weighted by Gasteiger charge is 2.41. The zero-order chi connectivity index (χ0) is 13.9. The highest BCUT2D eigenvalue weighted by atomic mass is 35.5. The van der Waals surface area contributed by atoms with Crippen LogP contribution >= 0.6 is 11.6 Å². The second-order valence-electron chi connectivity index (χ2n) is 6.02. The quantitative estimate of drug-likeness (QED) is 0.730. The van der Waals surface area contributed by atoms with Gasteiger partial charge >= 0.3 is 0 Å². The van der Waals surface area contributed by atoms with Crippen LogP contribution in [0.25, 0.3) is 0 Å². The maximum Gasteiger partial charge on any atom is 0.126 e. The van der Waals surface area contributed by atoms with E-state index in [1.54, 1.807) is 12.1 Å². The van der Waals surface area contributed by atoms with E-state index in [9.17, 15) is 4.39 Å². The standard InChI is InChI=1S/C16H23ClFN/c1-3-8-19-11-16(2,13-4-5-13)10-12-9-14(17)6-7-15(12)18/h6-7,9,13,19H,3-5,8,10-11H2,1-2H3. The first-order valence-corrected chi connectivity index (χ1v) is 7.57. The molecule has 106 valence electrons. The third-order valence-electron chi connectivity index (χ3n) is 4.12. The van der Waals surface area contributed by atoms with Crippen molar-refractivity contribution in [2.45, 2.75) is 39.5 Å². The Morgan fingerprint density at radius 3 is 2.79 bits per heavy atom. The molecule has 19 heavy (non-hydrogen) atoms. The predicted octanol–water partition coefficient (Wildman–Crippen LogP) is 4.44. The Bertz CT molecular complexity index is 431. The lowest BCUT2D eigenvalue weighted by molar-refractivity contribution is 0.253. The van der Waals surface area contributed by atoms with Gasteiger partial charge in [-0.1, -0.05) is 25.4 Å². The van der Waals surface area contributed by atoms with E-state index in [0.717, 1.165) is 37.4 Å². The van der Waals surface area contributed by atoms with Gasteiger partial charge in [0.1, 0.15) is 5.82 Å². The van der Waals surface area contributed by atoms with Crippen molar-refractivity contribution < 1.29 is 4.39 Å². The third-order valence-corrected chi connectivity index (χ3v) is 4.36. The summed E-state index contributed by atoms with van der Waals surface area (Å²) in [5, 5.41) is 4.12. The fourth-order valence-corrected chi connectivity index (χ4v) is 2.99. The van der Waals surface area contributed by atoms with Crippen LogP contribution in [0.1, 0.15) is 38.7 Å². The predicted molar refractivity (Wildman–Crippen MR) is 79.1 cm³/mol. The number of benzene rings is 1.